The Hall–Kier alpha value is -1.09. The molecule has 0 aliphatic carbocycles. The lowest BCUT2D eigenvalue weighted by atomic mass is 10.2. The number of nitrogens with zero attached hydrogens (tertiary/aromatic N) is 1. The molecule has 0 unspecified atom stereocenters. The van der Waals surface area contributed by atoms with E-state index in [1.165, 1.54) is 12.1 Å². The molecule has 2 nitrogen and oxygen atoms in total. The topological polar surface area (TPSA) is 20.3 Å². The first kappa shape index (κ1) is 13.0. The summed E-state index contributed by atoms with van der Waals surface area (Å²) in [7, 11) is 0. The van der Waals surface area contributed by atoms with Crippen molar-refractivity contribution in [2.24, 2.45) is 0 Å². The number of carbonyl (C=O) groups excluding carboxylic acids is 1. The van der Waals surface area contributed by atoms with Crippen molar-refractivity contribution in [2.45, 2.75) is 13.3 Å². The fourth-order valence-electron chi connectivity index (χ4n) is 1.46. The van der Waals surface area contributed by atoms with E-state index in [4.69, 9.17) is 11.6 Å². The Morgan fingerprint density at radius 2 is 2.12 bits per heavy atom. The van der Waals surface area contributed by atoms with Gasteiger partial charge in [0.25, 0.3) is 5.91 Å². The minimum absolute atomic E-state index is 0.124. The minimum Gasteiger partial charge on any atom is -0.339 e. The highest BCUT2D eigenvalue weighted by molar-refractivity contribution is 6.17. The van der Waals surface area contributed by atoms with Crippen LogP contribution in [0, 0.1) is 5.82 Å². The van der Waals surface area contributed by atoms with Crippen molar-refractivity contribution < 1.29 is 9.18 Å². The molecule has 0 heterocycles. The normalized spacial score (nSPS) is 10.2. The third kappa shape index (κ3) is 3.20. The Labute approximate surface area is 100 Å². The number of hydrogen-bond donors (Lipinski definition) is 0. The van der Waals surface area contributed by atoms with Crippen molar-refractivity contribution in [1.82, 2.24) is 4.90 Å². The lowest BCUT2D eigenvalue weighted by molar-refractivity contribution is 0.0760. The largest absolute Gasteiger partial charge is 0.339 e. The maximum Gasteiger partial charge on any atom is 0.256 e. The molecule has 16 heavy (non-hydrogen) atoms. The SMILES string of the molecule is CCN(CCCCl)C(=O)c1ccccc1F. The van der Waals surface area contributed by atoms with Crippen LogP contribution in [0.25, 0.3) is 0 Å². The third-order valence-electron chi connectivity index (χ3n) is 2.33. The second-order valence-electron chi connectivity index (χ2n) is 3.41. The summed E-state index contributed by atoms with van der Waals surface area (Å²) in [5.41, 5.74) is 0.124. The van der Waals surface area contributed by atoms with E-state index in [0.717, 1.165) is 6.42 Å². The van der Waals surface area contributed by atoms with Crippen LogP contribution in [0.5, 0.6) is 0 Å². The summed E-state index contributed by atoms with van der Waals surface area (Å²) in [6.07, 6.45) is 0.718. The van der Waals surface area contributed by atoms with Crippen LogP contribution in [0.3, 0.4) is 0 Å². The lowest BCUT2D eigenvalue weighted by Gasteiger charge is -2.20. The van der Waals surface area contributed by atoms with Gasteiger partial charge in [-0.05, 0) is 25.5 Å². The van der Waals surface area contributed by atoms with Gasteiger partial charge in [-0.25, -0.2) is 4.39 Å². The quantitative estimate of drug-likeness (QED) is 0.729. The van der Waals surface area contributed by atoms with Crippen LogP contribution < -0.4 is 0 Å². The summed E-state index contributed by atoms with van der Waals surface area (Å²) < 4.78 is 13.4. The van der Waals surface area contributed by atoms with Gasteiger partial charge in [-0.2, -0.15) is 0 Å². The van der Waals surface area contributed by atoms with Crippen molar-refractivity contribution in [1.29, 1.82) is 0 Å². The van der Waals surface area contributed by atoms with Crippen LogP contribution in [-0.4, -0.2) is 29.8 Å². The summed E-state index contributed by atoms with van der Waals surface area (Å²) in [4.78, 5) is 13.5. The van der Waals surface area contributed by atoms with E-state index < -0.39 is 5.82 Å². The monoisotopic (exact) mass is 243 g/mol. The first-order valence-electron chi connectivity index (χ1n) is 5.30. The van der Waals surface area contributed by atoms with Gasteiger partial charge in [0.05, 0.1) is 5.56 Å². The molecule has 0 aromatic heterocycles. The molecule has 1 amide bonds. The predicted molar refractivity (Wildman–Crippen MR) is 63.3 cm³/mol. The minimum atomic E-state index is -0.475. The first-order chi connectivity index (χ1) is 7.70. The Bertz CT molecular complexity index is 357. The molecule has 88 valence electrons. The van der Waals surface area contributed by atoms with E-state index >= 15 is 0 Å². The van der Waals surface area contributed by atoms with Crippen LogP contribution in [0.4, 0.5) is 4.39 Å². The van der Waals surface area contributed by atoms with Crippen molar-refractivity contribution in [3.8, 4) is 0 Å². The molecule has 0 radical (unpaired) electrons. The predicted octanol–water partition coefficient (Wildman–Crippen LogP) is 2.92. The van der Waals surface area contributed by atoms with Crippen molar-refractivity contribution in [3.05, 3.63) is 35.6 Å². The molecule has 0 bridgehead atoms. The summed E-state index contributed by atoms with van der Waals surface area (Å²) in [5, 5.41) is 0. The summed E-state index contributed by atoms with van der Waals surface area (Å²) in [6.45, 7) is 2.99. The van der Waals surface area contributed by atoms with Crippen LogP contribution in [0.15, 0.2) is 24.3 Å². The van der Waals surface area contributed by atoms with E-state index in [1.54, 1.807) is 17.0 Å². The lowest BCUT2D eigenvalue weighted by Crippen LogP contribution is -2.32. The molecule has 0 N–H and O–H groups in total. The number of hydrogen-bond acceptors (Lipinski definition) is 1. The Morgan fingerprint density at radius 1 is 1.44 bits per heavy atom. The molecule has 0 fully saturated rings. The average molecular weight is 244 g/mol. The molecule has 0 saturated heterocycles. The molecular weight excluding hydrogens is 229 g/mol. The van der Waals surface area contributed by atoms with Gasteiger partial charge >= 0.3 is 0 Å². The molecule has 0 saturated carbocycles. The molecule has 4 heteroatoms. The maximum absolute atomic E-state index is 13.4. The van der Waals surface area contributed by atoms with Crippen LogP contribution in [0.1, 0.15) is 23.7 Å². The number of amides is 1. The zero-order chi connectivity index (χ0) is 12.0. The standard InChI is InChI=1S/C12H15ClFNO/c1-2-15(9-5-8-13)12(16)10-6-3-4-7-11(10)14/h3-4,6-7H,2,5,8-9H2,1H3. The van der Waals surface area contributed by atoms with Gasteiger partial charge in [0, 0.05) is 19.0 Å². The van der Waals surface area contributed by atoms with Gasteiger partial charge in [-0.1, -0.05) is 12.1 Å². The first-order valence-corrected chi connectivity index (χ1v) is 5.84. The smallest absolute Gasteiger partial charge is 0.256 e. The van der Waals surface area contributed by atoms with Gasteiger partial charge in [0.1, 0.15) is 5.82 Å². The summed E-state index contributed by atoms with van der Waals surface area (Å²) in [5.74, 6) is -0.247. The third-order valence-corrected chi connectivity index (χ3v) is 2.60. The highest BCUT2D eigenvalue weighted by Gasteiger charge is 2.16. The van der Waals surface area contributed by atoms with E-state index in [9.17, 15) is 9.18 Å². The van der Waals surface area contributed by atoms with Crippen molar-refractivity contribution >= 4 is 17.5 Å². The fourth-order valence-corrected chi connectivity index (χ4v) is 1.58. The number of halogens is 2. The van der Waals surface area contributed by atoms with E-state index in [0.29, 0.717) is 19.0 Å². The van der Waals surface area contributed by atoms with Gasteiger partial charge < -0.3 is 4.90 Å². The average Bonchev–Trinajstić information content (AvgIpc) is 2.30. The van der Waals surface area contributed by atoms with Crippen molar-refractivity contribution in [2.75, 3.05) is 19.0 Å². The van der Waals surface area contributed by atoms with E-state index in [1.807, 2.05) is 6.92 Å². The maximum atomic E-state index is 13.4. The van der Waals surface area contributed by atoms with Crippen molar-refractivity contribution in [3.63, 3.8) is 0 Å². The molecule has 0 spiro atoms. The molecule has 0 aliphatic rings. The highest BCUT2D eigenvalue weighted by Crippen LogP contribution is 2.10. The van der Waals surface area contributed by atoms with Gasteiger partial charge in [-0.3, -0.25) is 4.79 Å². The highest BCUT2D eigenvalue weighted by atomic mass is 35.5. The fraction of sp³-hybridized carbons (Fsp3) is 0.417. The Morgan fingerprint density at radius 3 is 2.69 bits per heavy atom. The Balaban J connectivity index is 2.79. The molecule has 1 aromatic rings. The summed E-state index contributed by atoms with van der Waals surface area (Å²) in [6, 6.07) is 6.02. The van der Waals surface area contributed by atoms with E-state index in [-0.39, 0.29) is 11.5 Å². The zero-order valence-electron chi connectivity index (χ0n) is 9.25. The number of rotatable bonds is 5. The van der Waals surface area contributed by atoms with Gasteiger partial charge in [0.15, 0.2) is 0 Å². The number of carbonyl (C=O) groups is 1. The number of alkyl halides is 1. The molecule has 0 atom stereocenters. The van der Waals surface area contributed by atoms with E-state index in [2.05, 4.69) is 0 Å². The molecule has 1 rings (SSSR count). The molecular formula is C12H15ClFNO. The number of benzene rings is 1. The molecule has 0 aliphatic heterocycles. The molecule has 1 aromatic carbocycles. The van der Waals surface area contributed by atoms with Crippen LogP contribution >= 0.6 is 11.6 Å². The second-order valence-corrected chi connectivity index (χ2v) is 3.79. The van der Waals surface area contributed by atoms with Gasteiger partial charge in [0.2, 0.25) is 0 Å². The van der Waals surface area contributed by atoms with Crippen LogP contribution in [-0.2, 0) is 0 Å². The van der Waals surface area contributed by atoms with Crippen LogP contribution in [0.2, 0.25) is 0 Å². The Kier molecular flexibility index (Phi) is 5.26. The second kappa shape index (κ2) is 6.48. The zero-order valence-corrected chi connectivity index (χ0v) is 10.0. The van der Waals surface area contributed by atoms with Gasteiger partial charge in [-0.15, -0.1) is 11.6 Å². The summed E-state index contributed by atoms with van der Waals surface area (Å²) >= 11 is 5.57.